The van der Waals surface area contributed by atoms with Gasteiger partial charge in [-0.1, -0.05) is 5.16 Å². The second-order valence-electron chi connectivity index (χ2n) is 5.32. The van der Waals surface area contributed by atoms with Gasteiger partial charge in [0, 0.05) is 32.1 Å². The second kappa shape index (κ2) is 6.48. The van der Waals surface area contributed by atoms with E-state index in [1.165, 1.54) is 11.8 Å². The molecule has 2 aromatic heterocycles. The molecule has 0 N–H and O–H groups in total. The van der Waals surface area contributed by atoms with Crippen molar-refractivity contribution in [3.05, 3.63) is 35.6 Å². The van der Waals surface area contributed by atoms with Gasteiger partial charge in [0.25, 0.3) is 5.91 Å². The van der Waals surface area contributed by atoms with E-state index >= 15 is 0 Å². The number of hydrogen-bond acceptors (Lipinski definition) is 6. The van der Waals surface area contributed by atoms with E-state index in [0.717, 1.165) is 24.4 Å². The van der Waals surface area contributed by atoms with Gasteiger partial charge in [0.2, 0.25) is 5.89 Å². The Bertz CT molecular complexity index is 673. The lowest BCUT2D eigenvalue weighted by Crippen LogP contribution is -2.39. The monoisotopic (exact) mass is 318 g/mol. The van der Waals surface area contributed by atoms with Crippen molar-refractivity contribution >= 4 is 17.7 Å². The number of hydrogen-bond donors (Lipinski definition) is 0. The fourth-order valence-corrected chi connectivity index (χ4v) is 3.28. The van der Waals surface area contributed by atoms with Crippen LogP contribution in [0.2, 0.25) is 0 Å². The van der Waals surface area contributed by atoms with Crippen LogP contribution in [0.5, 0.6) is 0 Å². The van der Waals surface area contributed by atoms with Crippen molar-refractivity contribution in [1.29, 1.82) is 0 Å². The first-order valence-electron chi connectivity index (χ1n) is 7.27. The third-order valence-electron chi connectivity index (χ3n) is 3.81. The predicted molar refractivity (Wildman–Crippen MR) is 82.9 cm³/mol. The van der Waals surface area contributed by atoms with Gasteiger partial charge < -0.3 is 9.42 Å². The van der Waals surface area contributed by atoms with Gasteiger partial charge in [-0.3, -0.25) is 4.79 Å². The van der Waals surface area contributed by atoms with E-state index in [1.807, 2.05) is 17.2 Å². The number of nitrogens with zero attached hydrogens (tertiary/aromatic N) is 4. The number of carbonyl (C=O) groups is 1. The van der Waals surface area contributed by atoms with Crippen molar-refractivity contribution in [2.75, 3.05) is 19.3 Å². The third-order valence-corrected chi connectivity index (χ3v) is 4.52. The van der Waals surface area contributed by atoms with Crippen LogP contribution in [0.15, 0.2) is 27.9 Å². The van der Waals surface area contributed by atoms with Crippen LogP contribution in [0.1, 0.15) is 40.8 Å². The molecule has 1 fully saturated rings. The van der Waals surface area contributed by atoms with Crippen LogP contribution >= 0.6 is 11.8 Å². The summed E-state index contributed by atoms with van der Waals surface area (Å²) in [5, 5.41) is 4.77. The van der Waals surface area contributed by atoms with Crippen LogP contribution in [0, 0.1) is 6.92 Å². The molecule has 1 atom stereocenters. The maximum atomic E-state index is 12.8. The van der Waals surface area contributed by atoms with Crippen LogP contribution < -0.4 is 0 Å². The number of amides is 1. The minimum atomic E-state index is 0.0300. The summed E-state index contributed by atoms with van der Waals surface area (Å²) in [4.78, 5) is 23.2. The average Bonchev–Trinajstić information content (AvgIpc) is 3.01. The molecular weight excluding hydrogens is 300 g/mol. The van der Waals surface area contributed by atoms with Gasteiger partial charge in [-0.2, -0.15) is 4.98 Å². The maximum absolute atomic E-state index is 12.8. The number of aryl methyl sites for hydroxylation is 1. The molecule has 1 aliphatic rings. The first-order valence-corrected chi connectivity index (χ1v) is 8.50. The minimum Gasteiger partial charge on any atom is -0.340 e. The summed E-state index contributed by atoms with van der Waals surface area (Å²) in [6.45, 7) is 3.16. The molecule has 0 aliphatic carbocycles. The summed E-state index contributed by atoms with van der Waals surface area (Å²) in [6.07, 6.45) is 5.56. The van der Waals surface area contributed by atoms with E-state index in [9.17, 15) is 4.79 Å². The molecule has 0 radical (unpaired) electrons. The van der Waals surface area contributed by atoms with E-state index in [2.05, 4.69) is 15.1 Å². The molecule has 22 heavy (non-hydrogen) atoms. The van der Waals surface area contributed by atoms with Gasteiger partial charge in [0.05, 0.1) is 5.56 Å². The van der Waals surface area contributed by atoms with Crippen molar-refractivity contribution in [3.8, 4) is 0 Å². The van der Waals surface area contributed by atoms with Gasteiger partial charge >= 0.3 is 0 Å². The molecular formula is C15H18N4O2S. The van der Waals surface area contributed by atoms with E-state index in [1.54, 1.807) is 19.2 Å². The highest BCUT2D eigenvalue weighted by atomic mass is 32.2. The molecule has 1 amide bonds. The van der Waals surface area contributed by atoms with Crippen molar-refractivity contribution in [2.45, 2.75) is 30.7 Å². The van der Waals surface area contributed by atoms with Gasteiger partial charge in [-0.25, -0.2) is 4.98 Å². The standard InChI is InChI=1S/C15H18N4O2S/c1-10-17-13(18-21-10)11-5-4-8-19(9-11)15(20)12-6-3-7-16-14(12)22-2/h3,6-7,11H,4-5,8-9H2,1-2H3/t11-/m1/s1. The van der Waals surface area contributed by atoms with E-state index < -0.39 is 0 Å². The Morgan fingerprint density at radius 2 is 2.36 bits per heavy atom. The average molecular weight is 318 g/mol. The van der Waals surface area contributed by atoms with Crippen LogP contribution in [0.4, 0.5) is 0 Å². The summed E-state index contributed by atoms with van der Waals surface area (Å²) in [5.74, 6) is 1.44. The summed E-state index contributed by atoms with van der Waals surface area (Å²) in [5.41, 5.74) is 0.667. The zero-order valence-electron chi connectivity index (χ0n) is 12.7. The molecule has 1 saturated heterocycles. The van der Waals surface area contributed by atoms with Crippen molar-refractivity contribution in [1.82, 2.24) is 20.0 Å². The summed E-state index contributed by atoms with van der Waals surface area (Å²) in [7, 11) is 0. The Labute approximate surface area is 133 Å². The normalized spacial score (nSPS) is 18.5. The lowest BCUT2D eigenvalue weighted by molar-refractivity contribution is 0.0699. The number of carbonyl (C=O) groups excluding carboxylic acids is 1. The number of thioether (sulfide) groups is 1. The van der Waals surface area contributed by atoms with E-state index in [-0.39, 0.29) is 11.8 Å². The van der Waals surface area contributed by atoms with Gasteiger partial charge in [-0.15, -0.1) is 11.8 Å². The SMILES string of the molecule is CSc1ncccc1C(=O)N1CCC[C@@H](c2noc(C)n2)C1. The number of pyridine rings is 1. The van der Waals surface area contributed by atoms with Crippen LogP contribution in [-0.4, -0.2) is 45.3 Å². The lowest BCUT2D eigenvalue weighted by atomic mass is 9.97. The second-order valence-corrected chi connectivity index (χ2v) is 6.12. The zero-order chi connectivity index (χ0) is 15.5. The van der Waals surface area contributed by atoms with E-state index in [4.69, 9.17) is 4.52 Å². The molecule has 3 heterocycles. The maximum Gasteiger partial charge on any atom is 0.256 e. The molecule has 6 nitrogen and oxygen atoms in total. The van der Waals surface area contributed by atoms with Crippen LogP contribution in [0.3, 0.4) is 0 Å². The minimum absolute atomic E-state index is 0.0300. The highest BCUT2D eigenvalue weighted by Crippen LogP contribution is 2.27. The summed E-state index contributed by atoms with van der Waals surface area (Å²) in [6, 6.07) is 3.64. The quantitative estimate of drug-likeness (QED) is 0.810. The van der Waals surface area contributed by atoms with Gasteiger partial charge in [0.15, 0.2) is 5.82 Å². The smallest absolute Gasteiger partial charge is 0.256 e. The molecule has 1 aliphatic heterocycles. The largest absolute Gasteiger partial charge is 0.340 e. The highest BCUT2D eigenvalue weighted by Gasteiger charge is 2.29. The Kier molecular flexibility index (Phi) is 4.42. The third kappa shape index (κ3) is 2.99. The topological polar surface area (TPSA) is 72.1 Å². The number of aromatic nitrogens is 3. The predicted octanol–water partition coefficient (Wildman–Crippen LogP) is 2.51. The molecule has 0 aromatic carbocycles. The Morgan fingerprint density at radius 1 is 1.50 bits per heavy atom. The Hall–Kier alpha value is -1.89. The van der Waals surface area contributed by atoms with Crippen LogP contribution in [0.25, 0.3) is 0 Å². The zero-order valence-corrected chi connectivity index (χ0v) is 13.5. The fraction of sp³-hybridized carbons (Fsp3) is 0.467. The van der Waals surface area contributed by atoms with E-state index in [0.29, 0.717) is 23.8 Å². The summed E-state index contributed by atoms with van der Waals surface area (Å²) < 4.78 is 5.06. The number of piperidine rings is 1. The molecule has 0 saturated carbocycles. The van der Waals surface area contributed by atoms with Gasteiger partial charge in [0.1, 0.15) is 5.03 Å². The molecule has 116 valence electrons. The number of rotatable bonds is 3. The molecule has 0 unspecified atom stereocenters. The first-order chi connectivity index (χ1) is 10.7. The van der Waals surface area contributed by atoms with Crippen LogP contribution in [-0.2, 0) is 0 Å². The van der Waals surface area contributed by atoms with Crippen molar-refractivity contribution in [2.24, 2.45) is 0 Å². The Morgan fingerprint density at radius 3 is 3.09 bits per heavy atom. The summed E-state index contributed by atoms with van der Waals surface area (Å²) >= 11 is 1.49. The molecule has 0 bridgehead atoms. The molecule has 3 rings (SSSR count). The van der Waals surface area contributed by atoms with Gasteiger partial charge in [-0.05, 0) is 31.2 Å². The fourth-order valence-electron chi connectivity index (χ4n) is 2.74. The molecule has 0 spiro atoms. The van der Waals surface area contributed by atoms with Crippen molar-refractivity contribution < 1.29 is 9.32 Å². The molecule has 7 heteroatoms. The molecule has 2 aromatic rings. The highest BCUT2D eigenvalue weighted by molar-refractivity contribution is 7.98. The van der Waals surface area contributed by atoms with Crippen molar-refractivity contribution in [3.63, 3.8) is 0 Å². The Balaban J connectivity index is 1.78. The lowest BCUT2D eigenvalue weighted by Gasteiger charge is -2.31. The first kappa shape index (κ1) is 15.0. The number of likely N-dealkylation sites (tertiary alicyclic amines) is 1.